The molecule has 3 N–H and O–H groups in total. The fourth-order valence-corrected chi connectivity index (χ4v) is 2.93. The smallest absolute Gasteiger partial charge is 0.0240 e. The lowest BCUT2D eigenvalue weighted by Gasteiger charge is -2.27. The Morgan fingerprint density at radius 3 is 2.94 bits per heavy atom. The van der Waals surface area contributed by atoms with Gasteiger partial charge >= 0.3 is 0 Å². The van der Waals surface area contributed by atoms with E-state index in [1.54, 1.807) is 0 Å². The van der Waals surface area contributed by atoms with Crippen LogP contribution >= 0.6 is 0 Å². The van der Waals surface area contributed by atoms with Crippen molar-refractivity contribution >= 4 is 0 Å². The van der Waals surface area contributed by atoms with Gasteiger partial charge in [-0.3, -0.25) is 4.90 Å². The average Bonchev–Trinajstić information content (AvgIpc) is 2.91. The van der Waals surface area contributed by atoms with Crippen molar-refractivity contribution < 1.29 is 0 Å². The molecule has 3 nitrogen and oxygen atoms in total. The van der Waals surface area contributed by atoms with Crippen molar-refractivity contribution in [2.45, 2.75) is 31.6 Å². The third kappa shape index (κ3) is 1.86. The maximum Gasteiger partial charge on any atom is 0.0240 e. The molecule has 2 heterocycles. The zero-order chi connectivity index (χ0) is 11.0. The molecular formula is C13H19N3. The molecule has 1 aromatic carbocycles. The molecule has 0 spiro atoms. The molecule has 16 heavy (non-hydrogen) atoms. The van der Waals surface area contributed by atoms with Gasteiger partial charge in [0.05, 0.1) is 0 Å². The Bertz CT molecular complexity index is 377. The summed E-state index contributed by atoms with van der Waals surface area (Å²) in [5.74, 6) is 0. The Hall–Kier alpha value is -0.900. The number of likely N-dealkylation sites (tertiary alicyclic amines) is 1. The van der Waals surface area contributed by atoms with Crippen LogP contribution in [0.3, 0.4) is 0 Å². The molecule has 2 aliphatic heterocycles. The highest BCUT2D eigenvalue weighted by molar-refractivity contribution is 5.23. The molecule has 2 atom stereocenters. The van der Waals surface area contributed by atoms with Crippen LogP contribution in [-0.2, 0) is 13.1 Å². The molecule has 3 rings (SSSR count). The lowest BCUT2D eigenvalue weighted by molar-refractivity contribution is 0.218. The van der Waals surface area contributed by atoms with E-state index in [-0.39, 0.29) is 0 Å². The van der Waals surface area contributed by atoms with Crippen LogP contribution in [-0.4, -0.2) is 30.1 Å². The van der Waals surface area contributed by atoms with Crippen LogP contribution in [0.1, 0.15) is 17.5 Å². The minimum absolute atomic E-state index is 0.640. The zero-order valence-electron chi connectivity index (χ0n) is 9.52. The van der Waals surface area contributed by atoms with E-state index in [1.807, 2.05) is 0 Å². The van der Waals surface area contributed by atoms with Gasteiger partial charge in [-0.05, 0) is 17.5 Å². The molecule has 0 saturated carbocycles. The van der Waals surface area contributed by atoms with Gasteiger partial charge in [0.15, 0.2) is 0 Å². The van der Waals surface area contributed by atoms with Crippen LogP contribution in [0, 0.1) is 0 Å². The highest BCUT2D eigenvalue weighted by Gasteiger charge is 2.37. The summed E-state index contributed by atoms with van der Waals surface area (Å²) in [6.45, 7) is 4.09. The molecule has 0 aromatic heterocycles. The van der Waals surface area contributed by atoms with Gasteiger partial charge in [0.25, 0.3) is 0 Å². The first-order valence-corrected chi connectivity index (χ1v) is 6.10. The lowest BCUT2D eigenvalue weighted by Crippen LogP contribution is -2.42. The van der Waals surface area contributed by atoms with Crippen molar-refractivity contribution in [3.05, 3.63) is 35.4 Å². The zero-order valence-corrected chi connectivity index (χ0v) is 9.52. The lowest BCUT2D eigenvalue weighted by atomic mass is 10.1. The number of hydrogen-bond donors (Lipinski definition) is 2. The van der Waals surface area contributed by atoms with E-state index >= 15 is 0 Å². The summed E-state index contributed by atoms with van der Waals surface area (Å²) in [4.78, 5) is 2.59. The van der Waals surface area contributed by atoms with Crippen molar-refractivity contribution in [1.29, 1.82) is 0 Å². The first-order valence-electron chi connectivity index (χ1n) is 6.10. The second kappa shape index (κ2) is 4.17. The van der Waals surface area contributed by atoms with E-state index < -0.39 is 0 Å². The van der Waals surface area contributed by atoms with Crippen LogP contribution in [0.15, 0.2) is 24.3 Å². The van der Waals surface area contributed by atoms with E-state index in [9.17, 15) is 0 Å². The van der Waals surface area contributed by atoms with Gasteiger partial charge in [-0.25, -0.2) is 0 Å². The van der Waals surface area contributed by atoms with Gasteiger partial charge < -0.3 is 11.1 Å². The number of nitrogens with two attached hydrogens (primary N) is 1. The number of fused-ring (bicyclic) bond motifs is 2. The van der Waals surface area contributed by atoms with Crippen molar-refractivity contribution in [3.8, 4) is 0 Å². The summed E-state index contributed by atoms with van der Waals surface area (Å²) in [7, 11) is 0. The van der Waals surface area contributed by atoms with Crippen molar-refractivity contribution in [3.63, 3.8) is 0 Å². The molecule has 2 fully saturated rings. The summed E-state index contributed by atoms with van der Waals surface area (Å²) in [6.07, 6.45) is 1.33. The molecule has 3 heteroatoms. The van der Waals surface area contributed by atoms with Crippen LogP contribution in [0.2, 0.25) is 0 Å². The van der Waals surface area contributed by atoms with Gasteiger partial charge in [0.1, 0.15) is 0 Å². The minimum atomic E-state index is 0.640. The van der Waals surface area contributed by atoms with E-state index in [4.69, 9.17) is 5.73 Å². The Kier molecular flexibility index (Phi) is 2.67. The molecule has 86 valence electrons. The van der Waals surface area contributed by atoms with Crippen molar-refractivity contribution in [1.82, 2.24) is 10.2 Å². The van der Waals surface area contributed by atoms with Crippen molar-refractivity contribution in [2.24, 2.45) is 5.73 Å². The molecular weight excluding hydrogens is 198 g/mol. The predicted octanol–water partition coefficient (Wildman–Crippen LogP) is 0.691. The number of rotatable bonds is 3. The summed E-state index contributed by atoms with van der Waals surface area (Å²) < 4.78 is 0. The van der Waals surface area contributed by atoms with Crippen LogP contribution in [0.25, 0.3) is 0 Å². The molecule has 2 saturated heterocycles. The van der Waals surface area contributed by atoms with Gasteiger partial charge in [0.2, 0.25) is 0 Å². The summed E-state index contributed by atoms with van der Waals surface area (Å²) >= 11 is 0. The third-order valence-electron chi connectivity index (χ3n) is 3.78. The molecule has 2 bridgehead atoms. The first-order chi connectivity index (χ1) is 7.85. The number of nitrogens with zero attached hydrogens (tertiary/aromatic N) is 1. The van der Waals surface area contributed by atoms with E-state index in [1.165, 1.54) is 30.6 Å². The van der Waals surface area contributed by atoms with E-state index in [0.717, 1.165) is 18.6 Å². The van der Waals surface area contributed by atoms with Crippen molar-refractivity contribution in [2.75, 3.05) is 13.1 Å². The second-order valence-corrected chi connectivity index (χ2v) is 4.95. The molecule has 2 unspecified atom stereocenters. The molecule has 0 radical (unpaired) electrons. The highest BCUT2D eigenvalue weighted by Crippen LogP contribution is 2.25. The quantitative estimate of drug-likeness (QED) is 0.783. The Morgan fingerprint density at radius 1 is 1.38 bits per heavy atom. The molecule has 0 amide bonds. The number of benzene rings is 1. The number of hydrogen-bond acceptors (Lipinski definition) is 3. The second-order valence-electron chi connectivity index (χ2n) is 4.95. The number of piperazine rings is 1. The van der Waals surface area contributed by atoms with Crippen LogP contribution < -0.4 is 11.1 Å². The largest absolute Gasteiger partial charge is 0.326 e. The van der Waals surface area contributed by atoms with Gasteiger partial charge in [0, 0.05) is 38.3 Å². The molecule has 1 aromatic rings. The first kappa shape index (κ1) is 10.3. The third-order valence-corrected chi connectivity index (χ3v) is 3.78. The maximum atomic E-state index is 5.66. The Balaban J connectivity index is 1.69. The van der Waals surface area contributed by atoms with E-state index in [0.29, 0.717) is 6.54 Å². The Labute approximate surface area is 96.6 Å². The monoisotopic (exact) mass is 217 g/mol. The van der Waals surface area contributed by atoms with Crippen LogP contribution in [0.4, 0.5) is 0 Å². The standard InChI is InChI=1S/C13H19N3/c14-6-10-2-1-3-11(4-10)8-16-9-12-5-13(16)7-15-12/h1-4,12-13,15H,5-9,14H2. The van der Waals surface area contributed by atoms with Crippen LogP contribution in [0.5, 0.6) is 0 Å². The summed E-state index contributed by atoms with van der Waals surface area (Å²) in [5.41, 5.74) is 8.30. The van der Waals surface area contributed by atoms with Gasteiger partial charge in [-0.1, -0.05) is 24.3 Å². The fraction of sp³-hybridized carbons (Fsp3) is 0.538. The average molecular weight is 217 g/mol. The highest BCUT2D eigenvalue weighted by atomic mass is 15.3. The SMILES string of the molecule is NCc1cccc(CN2CC3CC2CN3)c1. The maximum absolute atomic E-state index is 5.66. The normalized spacial score (nSPS) is 28.8. The van der Waals surface area contributed by atoms with Gasteiger partial charge in [-0.15, -0.1) is 0 Å². The summed E-state index contributed by atoms with van der Waals surface area (Å²) in [5, 5.41) is 3.53. The fourth-order valence-electron chi connectivity index (χ4n) is 2.93. The van der Waals surface area contributed by atoms with Gasteiger partial charge in [-0.2, -0.15) is 0 Å². The summed E-state index contributed by atoms with van der Waals surface area (Å²) in [6, 6.07) is 10.2. The molecule has 2 aliphatic rings. The van der Waals surface area contributed by atoms with E-state index in [2.05, 4.69) is 34.5 Å². The topological polar surface area (TPSA) is 41.3 Å². The molecule has 0 aliphatic carbocycles. The predicted molar refractivity (Wildman–Crippen MR) is 64.9 cm³/mol. The Morgan fingerprint density at radius 2 is 2.25 bits per heavy atom. The number of nitrogens with one attached hydrogen (secondary N) is 1. The minimum Gasteiger partial charge on any atom is -0.326 e.